The first-order valence-corrected chi connectivity index (χ1v) is 8.43. The van der Waals surface area contributed by atoms with E-state index in [4.69, 9.17) is 10.5 Å². The molecule has 1 aromatic heterocycles. The van der Waals surface area contributed by atoms with Gasteiger partial charge in [0.25, 0.3) is 5.91 Å². The Morgan fingerprint density at radius 2 is 1.89 bits per heavy atom. The van der Waals surface area contributed by atoms with E-state index in [1.165, 1.54) is 0 Å². The quantitative estimate of drug-likeness (QED) is 0.479. The lowest BCUT2D eigenvalue weighted by molar-refractivity contribution is 0.102. The molecule has 4 aromatic rings. The number of methoxy groups -OCH3 is 1. The average Bonchev–Trinajstić information content (AvgIpc) is 3.12. The van der Waals surface area contributed by atoms with Crippen LogP contribution in [0.2, 0.25) is 0 Å². The molecule has 0 radical (unpaired) electrons. The number of rotatable bonds is 4. The molecule has 1 heterocycles. The van der Waals surface area contributed by atoms with Gasteiger partial charge in [0.05, 0.1) is 18.1 Å². The fraction of sp³-hybridized carbons (Fsp3) is 0.0476. The number of anilines is 2. The molecule has 0 bridgehead atoms. The topological polar surface area (TPSA) is 93.0 Å². The van der Waals surface area contributed by atoms with Crippen molar-refractivity contribution in [3.63, 3.8) is 0 Å². The van der Waals surface area contributed by atoms with Crippen molar-refractivity contribution in [2.45, 2.75) is 0 Å². The number of amides is 1. The molecule has 27 heavy (non-hydrogen) atoms. The molecular formula is C21H18N4O2. The number of H-pyrrole nitrogens is 1. The molecular weight excluding hydrogens is 340 g/mol. The Labute approximate surface area is 156 Å². The minimum Gasteiger partial charge on any atom is -0.497 e. The molecule has 6 nitrogen and oxygen atoms in total. The highest BCUT2D eigenvalue weighted by molar-refractivity contribution is 6.05. The molecule has 0 aliphatic carbocycles. The second kappa shape index (κ2) is 6.84. The highest BCUT2D eigenvalue weighted by Gasteiger charge is 2.09. The van der Waals surface area contributed by atoms with Crippen LogP contribution in [0.4, 0.5) is 11.4 Å². The zero-order chi connectivity index (χ0) is 18.8. The summed E-state index contributed by atoms with van der Waals surface area (Å²) in [6.45, 7) is 0. The third-order valence-electron chi connectivity index (χ3n) is 4.26. The van der Waals surface area contributed by atoms with E-state index in [0.29, 0.717) is 16.9 Å². The highest BCUT2D eigenvalue weighted by Crippen LogP contribution is 2.25. The molecule has 6 heteroatoms. The van der Waals surface area contributed by atoms with Crippen LogP contribution >= 0.6 is 0 Å². The first-order chi connectivity index (χ1) is 13.1. The molecule has 0 spiro atoms. The number of aromatic amines is 1. The zero-order valence-electron chi connectivity index (χ0n) is 14.7. The molecule has 0 aliphatic heterocycles. The van der Waals surface area contributed by atoms with Gasteiger partial charge in [-0.2, -0.15) is 0 Å². The highest BCUT2D eigenvalue weighted by atomic mass is 16.5. The van der Waals surface area contributed by atoms with Gasteiger partial charge < -0.3 is 20.8 Å². The third-order valence-corrected chi connectivity index (χ3v) is 4.26. The van der Waals surface area contributed by atoms with Crippen molar-refractivity contribution in [3.8, 4) is 17.1 Å². The maximum Gasteiger partial charge on any atom is 0.255 e. The lowest BCUT2D eigenvalue weighted by Crippen LogP contribution is -2.11. The van der Waals surface area contributed by atoms with E-state index >= 15 is 0 Å². The van der Waals surface area contributed by atoms with Crippen LogP contribution in [0.3, 0.4) is 0 Å². The van der Waals surface area contributed by atoms with Crippen molar-refractivity contribution in [2.24, 2.45) is 0 Å². The Morgan fingerprint density at radius 1 is 1.07 bits per heavy atom. The van der Waals surface area contributed by atoms with Gasteiger partial charge in [-0.05, 0) is 54.6 Å². The van der Waals surface area contributed by atoms with E-state index in [-0.39, 0.29) is 5.91 Å². The van der Waals surface area contributed by atoms with Crippen molar-refractivity contribution in [2.75, 3.05) is 18.2 Å². The van der Waals surface area contributed by atoms with Gasteiger partial charge in [-0.25, -0.2) is 4.98 Å². The van der Waals surface area contributed by atoms with Gasteiger partial charge in [0.2, 0.25) is 0 Å². The summed E-state index contributed by atoms with van der Waals surface area (Å²) in [5, 5.41) is 2.89. The molecule has 0 fully saturated rings. The molecule has 1 amide bonds. The Morgan fingerprint density at radius 3 is 2.67 bits per heavy atom. The summed E-state index contributed by atoms with van der Waals surface area (Å²) in [5.74, 6) is 1.32. The van der Waals surface area contributed by atoms with E-state index in [0.717, 1.165) is 28.2 Å². The van der Waals surface area contributed by atoms with E-state index in [1.54, 1.807) is 31.4 Å². The maximum atomic E-state index is 12.4. The van der Waals surface area contributed by atoms with Gasteiger partial charge in [0.15, 0.2) is 0 Å². The van der Waals surface area contributed by atoms with Crippen LogP contribution in [-0.4, -0.2) is 23.0 Å². The fourth-order valence-electron chi connectivity index (χ4n) is 2.83. The summed E-state index contributed by atoms with van der Waals surface area (Å²) in [7, 11) is 1.63. The van der Waals surface area contributed by atoms with Gasteiger partial charge in [0.1, 0.15) is 11.6 Å². The predicted octanol–water partition coefficient (Wildman–Crippen LogP) is 4.07. The molecule has 0 atom stereocenters. The molecule has 0 aliphatic rings. The number of aromatic nitrogens is 2. The minimum atomic E-state index is -0.193. The van der Waals surface area contributed by atoms with Crippen molar-refractivity contribution in [1.29, 1.82) is 0 Å². The van der Waals surface area contributed by atoms with E-state index in [1.807, 2.05) is 42.5 Å². The molecule has 3 aromatic carbocycles. The number of benzene rings is 3. The summed E-state index contributed by atoms with van der Waals surface area (Å²) in [6, 6.07) is 20.0. The van der Waals surface area contributed by atoms with Crippen LogP contribution in [0.1, 0.15) is 10.4 Å². The number of fused-ring (bicyclic) bond motifs is 1. The number of nitrogens with one attached hydrogen (secondary N) is 2. The van der Waals surface area contributed by atoms with E-state index < -0.39 is 0 Å². The maximum absolute atomic E-state index is 12.4. The first kappa shape index (κ1) is 16.7. The van der Waals surface area contributed by atoms with Gasteiger partial charge in [-0.1, -0.05) is 12.1 Å². The predicted molar refractivity (Wildman–Crippen MR) is 107 cm³/mol. The Hall–Kier alpha value is -3.80. The normalized spacial score (nSPS) is 10.7. The minimum absolute atomic E-state index is 0.193. The molecule has 4 rings (SSSR count). The number of nitrogens with two attached hydrogens (primary N) is 1. The Balaban J connectivity index is 1.60. The molecule has 0 saturated carbocycles. The van der Waals surface area contributed by atoms with Gasteiger partial charge >= 0.3 is 0 Å². The summed E-state index contributed by atoms with van der Waals surface area (Å²) in [5.41, 5.74) is 10.1. The smallest absolute Gasteiger partial charge is 0.255 e. The van der Waals surface area contributed by atoms with Crippen molar-refractivity contribution in [1.82, 2.24) is 9.97 Å². The molecule has 0 unspecified atom stereocenters. The summed E-state index contributed by atoms with van der Waals surface area (Å²) >= 11 is 0. The van der Waals surface area contributed by atoms with Crippen LogP contribution in [0, 0.1) is 0 Å². The van der Waals surface area contributed by atoms with Crippen LogP contribution < -0.4 is 15.8 Å². The second-order valence-electron chi connectivity index (χ2n) is 6.13. The van der Waals surface area contributed by atoms with E-state index in [2.05, 4.69) is 15.3 Å². The lowest BCUT2D eigenvalue weighted by Gasteiger charge is -2.05. The Bertz CT molecular complexity index is 1120. The van der Waals surface area contributed by atoms with Gasteiger partial charge in [-0.3, -0.25) is 4.79 Å². The van der Waals surface area contributed by atoms with Crippen LogP contribution in [0.25, 0.3) is 22.4 Å². The monoisotopic (exact) mass is 358 g/mol. The lowest BCUT2D eigenvalue weighted by atomic mass is 10.2. The number of nitrogen functional groups attached to an aromatic ring is 1. The van der Waals surface area contributed by atoms with E-state index in [9.17, 15) is 4.79 Å². The number of ether oxygens (including phenoxy) is 1. The number of hydrogen-bond acceptors (Lipinski definition) is 4. The number of nitrogens with zero attached hydrogens (tertiary/aromatic N) is 1. The summed E-state index contributed by atoms with van der Waals surface area (Å²) in [4.78, 5) is 20.3. The first-order valence-electron chi connectivity index (χ1n) is 8.43. The molecule has 4 N–H and O–H groups in total. The van der Waals surface area contributed by atoms with Crippen molar-refractivity contribution < 1.29 is 9.53 Å². The second-order valence-corrected chi connectivity index (χ2v) is 6.13. The molecule has 0 saturated heterocycles. The zero-order valence-corrected chi connectivity index (χ0v) is 14.7. The standard InChI is InChI=1S/C21H18N4O2/c1-27-17-4-2-3-14(11-17)20-24-18-10-9-16(12-19(18)25-20)23-21(26)13-5-7-15(22)8-6-13/h2-12H,22H2,1H3,(H,23,26)(H,24,25). The van der Waals surface area contributed by atoms with Gasteiger partial charge in [-0.15, -0.1) is 0 Å². The van der Waals surface area contributed by atoms with Crippen molar-refractivity contribution in [3.05, 3.63) is 72.3 Å². The largest absolute Gasteiger partial charge is 0.497 e. The van der Waals surface area contributed by atoms with Gasteiger partial charge in [0, 0.05) is 22.5 Å². The average molecular weight is 358 g/mol. The number of carbonyl (C=O) groups excluding carboxylic acids is 1. The third kappa shape index (κ3) is 3.46. The SMILES string of the molecule is COc1cccc(-c2nc3ccc(NC(=O)c4ccc(N)cc4)cc3[nH]2)c1. The Kier molecular flexibility index (Phi) is 4.22. The fourth-order valence-corrected chi connectivity index (χ4v) is 2.83. The summed E-state index contributed by atoms with van der Waals surface area (Å²) < 4.78 is 5.27. The number of carbonyl (C=O) groups is 1. The van der Waals surface area contributed by atoms with Crippen LogP contribution in [-0.2, 0) is 0 Å². The molecule has 134 valence electrons. The van der Waals surface area contributed by atoms with Crippen molar-refractivity contribution >= 4 is 28.3 Å². The van der Waals surface area contributed by atoms with Crippen LogP contribution in [0.5, 0.6) is 5.75 Å². The number of hydrogen-bond donors (Lipinski definition) is 3. The van der Waals surface area contributed by atoms with Crippen LogP contribution in [0.15, 0.2) is 66.7 Å². The number of imidazole rings is 1. The summed E-state index contributed by atoms with van der Waals surface area (Å²) in [6.07, 6.45) is 0.